The summed E-state index contributed by atoms with van der Waals surface area (Å²) in [6.07, 6.45) is 0. The summed E-state index contributed by atoms with van der Waals surface area (Å²) in [5.74, 6) is -0.839. The lowest BCUT2D eigenvalue weighted by atomic mass is 9.93. The zero-order valence-electron chi connectivity index (χ0n) is 11.4. The first kappa shape index (κ1) is 13.8. The van der Waals surface area contributed by atoms with Gasteiger partial charge in [0.1, 0.15) is 5.82 Å². The maximum absolute atomic E-state index is 13.6. The van der Waals surface area contributed by atoms with Gasteiger partial charge in [0, 0.05) is 11.1 Å². The number of carbonyl (C=O) groups is 1. The second-order valence-electron chi connectivity index (χ2n) is 4.91. The summed E-state index contributed by atoms with van der Waals surface area (Å²) in [4.78, 5) is 12.8. The van der Waals surface area contributed by atoms with Crippen LogP contribution in [0.15, 0.2) is 54.6 Å². The summed E-state index contributed by atoms with van der Waals surface area (Å²) in [5, 5.41) is 1.69. The van der Waals surface area contributed by atoms with Crippen molar-refractivity contribution in [1.82, 2.24) is 0 Å². The van der Waals surface area contributed by atoms with Crippen molar-refractivity contribution in [1.29, 1.82) is 0 Å². The van der Waals surface area contributed by atoms with E-state index in [0.29, 0.717) is 5.56 Å². The van der Waals surface area contributed by atoms with E-state index in [1.807, 2.05) is 43.3 Å². The summed E-state index contributed by atoms with van der Waals surface area (Å²) in [7, 11) is 0. The highest BCUT2D eigenvalue weighted by Gasteiger charge is 2.19. The first-order valence-corrected chi connectivity index (χ1v) is 6.94. The van der Waals surface area contributed by atoms with Crippen molar-refractivity contribution in [2.45, 2.75) is 6.92 Å². The van der Waals surface area contributed by atoms with E-state index in [2.05, 4.69) is 0 Å². The van der Waals surface area contributed by atoms with Gasteiger partial charge in [0.05, 0.1) is 5.02 Å². The Kier molecular flexibility index (Phi) is 3.48. The summed E-state index contributed by atoms with van der Waals surface area (Å²) in [6, 6.07) is 15.8. The standard InChI is InChI=1S/C18H12ClFO/c1-11-9-10-12-5-2-3-6-13(12)16(11)18(21)14-7-4-8-15(20)17(14)19/h2-10H,1H3. The highest BCUT2D eigenvalue weighted by atomic mass is 35.5. The fourth-order valence-electron chi connectivity index (χ4n) is 2.50. The molecule has 0 aromatic heterocycles. The van der Waals surface area contributed by atoms with Gasteiger partial charge in [-0.2, -0.15) is 0 Å². The molecule has 0 heterocycles. The Morgan fingerprint density at radius 3 is 2.57 bits per heavy atom. The second kappa shape index (κ2) is 5.30. The number of halogens is 2. The first-order valence-electron chi connectivity index (χ1n) is 6.56. The predicted molar refractivity (Wildman–Crippen MR) is 83.5 cm³/mol. The number of benzene rings is 3. The maximum atomic E-state index is 13.6. The van der Waals surface area contributed by atoms with Crippen LogP contribution in [0.2, 0.25) is 5.02 Å². The number of aryl methyl sites for hydroxylation is 1. The predicted octanol–water partition coefficient (Wildman–Crippen LogP) is 5.17. The smallest absolute Gasteiger partial charge is 0.195 e. The largest absolute Gasteiger partial charge is 0.289 e. The third-order valence-corrected chi connectivity index (χ3v) is 3.94. The van der Waals surface area contributed by atoms with Crippen LogP contribution in [0, 0.1) is 12.7 Å². The summed E-state index contributed by atoms with van der Waals surface area (Å²) >= 11 is 5.95. The number of rotatable bonds is 2. The number of hydrogen-bond donors (Lipinski definition) is 0. The summed E-state index contributed by atoms with van der Waals surface area (Å²) < 4.78 is 13.6. The van der Waals surface area contributed by atoms with Gasteiger partial charge in [-0.1, -0.05) is 54.1 Å². The molecule has 3 heteroatoms. The van der Waals surface area contributed by atoms with Gasteiger partial charge in [-0.05, 0) is 35.4 Å². The van der Waals surface area contributed by atoms with Crippen LogP contribution in [0.5, 0.6) is 0 Å². The Hall–Kier alpha value is -2.19. The van der Waals surface area contributed by atoms with Crippen molar-refractivity contribution >= 4 is 28.2 Å². The highest BCUT2D eigenvalue weighted by molar-refractivity contribution is 6.35. The third kappa shape index (κ3) is 2.32. The number of hydrogen-bond acceptors (Lipinski definition) is 1. The lowest BCUT2D eigenvalue weighted by Gasteiger charge is -2.11. The summed E-state index contributed by atoms with van der Waals surface area (Å²) in [5.41, 5.74) is 1.61. The topological polar surface area (TPSA) is 17.1 Å². The van der Waals surface area contributed by atoms with Gasteiger partial charge < -0.3 is 0 Å². The van der Waals surface area contributed by atoms with Gasteiger partial charge in [-0.25, -0.2) is 4.39 Å². The molecule has 1 nitrogen and oxygen atoms in total. The first-order chi connectivity index (χ1) is 10.1. The lowest BCUT2D eigenvalue weighted by Crippen LogP contribution is -2.06. The molecule has 3 rings (SSSR count). The molecule has 0 saturated heterocycles. The van der Waals surface area contributed by atoms with Crippen LogP contribution in [-0.2, 0) is 0 Å². The molecular formula is C18H12ClFO. The van der Waals surface area contributed by atoms with Gasteiger partial charge in [-0.15, -0.1) is 0 Å². The molecule has 0 spiro atoms. The Balaban J connectivity index is 2.27. The molecule has 3 aromatic carbocycles. The Morgan fingerprint density at radius 1 is 1.00 bits per heavy atom. The SMILES string of the molecule is Cc1ccc2ccccc2c1C(=O)c1cccc(F)c1Cl. The van der Waals surface area contributed by atoms with Gasteiger partial charge in [0.15, 0.2) is 5.78 Å². The molecule has 0 N–H and O–H groups in total. The van der Waals surface area contributed by atoms with Crippen LogP contribution in [0.1, 0.15) is 21.5 Å². The van der Waals surface area contributed by atoms with Crippen LogP contribution in [0.3, 0.4) is 0 Å². The molecule has 104 valence electrons. The van der Waals surface area contributed by atoms with Crippen molar-refractivity contribution in [2.24, 2.45) is 0 Å². The molecule has 0 bridgehead atoms. The zero-order valence-corrected chi connectivity index (χ0v) is 12.1. The fourth-order valence-corrected chi connectivity index (χ4v) is 2.71. The highest BCUT2D eigenvalue weighted by Crippen LogP contribution is 2.28. The molecule has 0 aliphatic carbocycles. The average molecular weight is 299 g/mol. The zero-order chi connectivity index (χ0) is 15.0. The molecular weight excluding hydrogens is 287 g/mol. The van der Waals surface area contributed by atoms with E-state index in [-0.39, 0.29) is 16.4 Å². The van der Waals surface area contributed by atoms with E-state index < -0.39 is 5.82 Å². The molecule has 0 atom stereocenters. The van der Waals surface area contributed by atoms with E-state index in [0.717, 1.165) is 16.3 Å². The quantitative estimate of drug-likeness (QED) is 0.596. The number of fused-ring (bicyclic) bond motifs is 1. The van der Waals surface area contributed by atoms with Crippen LogP contribution in [-0.4, -0.2) is 5.78 Å². The molecule has 0 aliphatic heterocycles. The van der Waals surface area contributed by atoms with Crippen LogP contribution in [0.4, 0.5) is 4.39 Å². The van der Waals surface area contributed by atoms with Crippen LogP contribution >= 0.6 is 11.6 Å². The van der Waals surface area contributed by atoms with E-state index in [1.54, 1.807) is 6.07 Å². The number of ketones is 1. The van der Waals surface area contributed by atoms with Crippen LogP contribution in [0.25, 0.3) is 10.8 Å². The normalized spacial score (nSPS) is 10.8. The van der Waals surface area contributed by atoms with Crippen LogP contribution < -0.4 is 0 Å². The second-order valence-corrected chi connectivity index (χ2v) is 5.29. The average Bonchev–Trinajstić information content (AvgIpc) is 2.49. The molecule has 0 saturated carbocycles. The van der Waals surface area contributed by atoms with E-state index >= 15 is 0 Å². The van der Waals surface area contributed by atoms with E-state index in [4.69, 9.17) is 11.6 Å². The molecule has 0 radical (unpaired) electrons. The minimum Gasteiger partial charge on any atom is -0.289 e. The third-order valence-electron chi connectivity index (χ3n) is 3.56. The number of carbonyl (C=O) groups excluding carboxylic acids is 1. The molecule has 21 heavy (non-hydrogen) atoms. The minimum atomic E-state index is -0.583. The van der Waals surface area contributed by atoms with Crippen molar-refractivity contribution < 1.29 is 9.18 Å². The van der Waals surface area contributed by atoms with Gasteiger partial charge in [0.2, 0.25) is 0 Å². The Labute approximate surface area is 127 Å². The molecule has 0 fully saturated rings. The van der Waals surface area contributed by atoms with Gasteiger partial charge in [-0.3, -0.25) is 4.79 Å². The van der Waals surface area contributed by atoms with Gasteiger partial charge >= 0.3 is 0 Å². The van der Waals surface area contributed by atoms with Crippen molar-refractivity contribution in [3.63, 3.8) is 0 Å². The monoisotopic (exact) mass is 298 g/mol. The Bertz CT molecular complexity index is 855. The van der Waals surface area contributed by atoms with Gasteiger partial charge in [0.25, 0.3) is 0 Å². The van der Waals surface area contributed by atoms with Crippen molar-refractivity contribution in [3.05, 3.63) is 82.1 Å². The minimum absolute atomic E-state index is 0.130. The van der Waals surface area contributed by atoms with E-state index in [9.17, 15) is 9.18 Å². The molecule has 3 aromatic rings. The van der Waals surface area contributed by atoms with Crippen molar-refractivity contribution in [2.75, 3.05) is 0 Å². The lowest BCUT2D eigenvalue weighted by molar-refractivity contribution is 0.103. The fraction of sp³-hybridized carbons (Fsp3) is 0.0556. The Morgan fingerprint density at radius 2 is 1.76 bits per heavy atom. The molecule has 0 amide bonds. The molecule has 0 unspecified atom stereocenters. The summed E-state index contributed by atoms with van der Waals surface area (Å²) in [6.45, 7) is 1.87. The molecule has 0 aliphatic rings. The van der Waals surface area contributed by atoms with Crippen molar-refractivity contribution in [3.8, 4) is 0 Å². The van der Waals surface area contributed by atoms with E-state index in [1.165, 1.54) is 12.1 Å². The maximum Gasteiger partial charge on any atom is 0.195 e.